The van der Waals surface area contributed by atoms with Crippen LogP contribution in [0, 0.1) is 0 Å². The smallest absolute Gasteiger partial charge is 0.239 e. The topological polar surface area (TPSA) is 58.8 Å². The first-order valence-corrected chi connectivity index (χ1v) is 8.14. The van der Waals surface area contributed by atoms with E-state index in [4.69, 9.17) is 10.5 Å². The van der Waals surface area contributed by atoms with Crippen LogP contribution in [0.4, 0.5) is 0 Å². The van der Waals surface area contributed by atoms with E-state index in [1.54, 1.807) is 0 Å². The molecule has 5 heteroatoms. The van der Waals surface area contributed by atoms with Gasteiger partial charge in [0.1, 0.15) is 0 Å². The number of benzene rings is 1. The third-order valence-electron chi connectivity index (χ3n) is 4.65. The standard InChI is InChI=1S/C17H25N3O2/c18-16(12-14-4-2-1-3-5-14)17(21)20-7-6-15(13-20)19-8-10-22-11-9-19/h1-5,15-16H,6-13,18H2/t15?,16-/m0/s1. The van der Waals surface area contributed by atoms with Gasteiger partial charge in [0.25, 0.3) is 0 Å². The van der Waals surface area contributed by atoms with E-state index in [9.17, 15) is 4.79 Å². The van der Waals surface area contributed by atoms with E-state index >= 15 is 0 Å². The maximum absolute atomic E-state index is 12.5. The van der Waals surface area contributed by atoms with Gasteiger partial charge in [-0.2, -0.15) is 0 Å². The van der Waals surface area contributed by atoms with Gasteiger partial charge >= 0.3 is 0 Å². The highest BCUT2D eigenvalue weighted by Crippen LogP contribution is 2.18. The zero-order valence-corrected chi connectivity index (χ0v) is 13.0. The Morgan fingerprint density at radius 3 is 2.68 bits per heavy atom. The van der Waals surface area contributed by atoms with Crippen LogP contribution < -0.4 is 5.73 Å². The van der Waals surface area contributed by atoms with Gasteiger partial charge in [0.05, 0.1) is 19.3 Å². The molecule has 2 atom stereocenters. The van der Waals surface area contributed by atoms with E-state index in [-0.39, 0.29) is 5.91 Å². The van der Waals surface area contributed by atoms with Crippen molar-refractivity contribution in [1.29, 1.82) is 0 Å². The summed E-state index contributed by atoms with van der Waals surface area (Å²) < 4.78 is 5.40. The number of hydrogen-bond acceptors (Lipinski definition) is 4. The van der Waals surface area contributed by atoms with Gasteiger partial charge in [-0.3, -0.25) is 9.69 Å². The second kappa shape index (κ2) is 7.22. The van der Waals surface area contributed by atoms with Gasteiger partial charge in [-0.15, -0.1) is 0 Å². The van der Waals surface area contributed by atoms with E-state index < -0.39 is 6.04 Å². The van der Waals surface area contributed by atoms with Crippen molar-refractivity contribution in [3.63, 3.8) is 0 Å². The number of nitrogens with zero attached hydrogens (tertiary/aromatic N) is 2. The van der Waals surface area contributed by atoms with E-state index in [0.717, 1.165) is 51.4 Å². The molecule has 1 aromatic carbocycles. The lowest BCUT2D eigenvalue weighted by atomic mass is 10.1. The molecule has 2 aliphatic rings. The fourth-order valence-corrected chi connectivity index (χ4v) is 3.37. The Labute approximate surface area is 132 Å². The second-order valence-electron chi connectivity index (χ2n) is 6.17. The fraction of sp³-hybridized carbons (Fsp3) is 0.588. The summed E-state index contributed by atoms with van der Waals surface area (Å²) in [5.41, 5.74) is 7.25. The Kier molecular flexibility index (Phi) is 5.08. The highest BCUT2D eigenvalue weighted by atomic mass is 16.5. The van der Waals surface area contributed by atoms with Gasteiger partial charge in [-0.25, -0.2) is 0 Å². The lowest BCUT2D eigenvalue weighted by Gasteiger charge is -2.32. The average Bonchev–Trinajstić information content (AvgIpc) is 3.06. The van der Waals surface area contributed by atoms with Crippen molar-refractivity contribution in [2.75, 3.05) is 39.4 Å². The Balaban J connectivity index is 1.52. The number of nitrogens with two attached hydrogens (primary N) is 1. The normalized spacial score (nSPS) is 24.4. The number of likely N-dealkylation sites (tertiary alicyclic amines) is 1. The molecule has 1 aromatic rings. The number of morpholine rings is 1. The Hall–Kier alpha value is -1.43. The molecule has 2 N–H and O–H groups in total. The van der Waals surface area contributed by atoms with Crippen LogP contribution in [0.1, 0.15) is 12.0 Å². The third-order valence-corrected chi connectivity index (χ3v) is 4.65. The van der Waals surface area contributed by atoms with Crippen molar-refractivity contribution >= 4 is 5.91 Å². The summed E-state index contributed by atoms with van der Waals surface area (Å²) in [6, 6.07) is 10.0. The van der Waals surface area contributed by atoms with Crippen LogP contribution in [0.3, 0.4) is 0 Å². The Morgan fingerprint density at radius 2 is 1.95 bits per heavy atom. The molecule has 2 saturated heterocycles. The highest BCUT2D eigenvalue weighted by molar-refractivity contribution is 5.82. The SMILES string of the molecule is N[C@@H](Cc1ccccc1)C(=O)N1CCC(N2CCOCC2)C1. The number of hydrogen-bond donors (Lipinski definition) is 1. The number of carbonyl (C=O) groups is 1. The molecule has 1 unspecified atom stereocenters. The highest BCUT2D eigenvalue weighted by Gasteiger charge is 2.32. The molecule has 0 bridgehead atoms. The van der Waals surface area contributed by atoms with Gasteiger partial charge in [-0.05, 0) is 18.4 Å². The van der Waals surface area contributed by atoms with Crippen LogP contribution in [0.25, 0.3) is 0 Å². The summed E-state index contributed by atoms with van der Waals surface area (Å²) in [7, 11) is 0. The van der Waals surface area contributed by atoms with Crippen LogP contribution in [-0.4, -0.2) is 67.2 Å². The predicted molar refractivity (Wildman–Crippen MR) is 85.5 cm³/mol. The Morgan fingerprint density at radius 1 is 1.23 bits per heavy atom. The lowest BCUT2D eigenvalue weighted by Crippen LogP contribution is -2.47. The molecular weight excluding hydrogens is 278 g/mol. The first kappa shape index (κ1) is 15.5. The molecule has 22 heavy (non-hydrogen) atoms. The summed E-state index contributed by atoms with van der Waals surface area (Å²) in [6.07, 6.45) is 1.65. The summed E-state index contributed by atoms with van der Waals surface area (Å²) in [5.74, 6) is 0.0830. The Bertz CT molecular complexity index is 488. The molecule has 2 fully saturated rings. The zero-order valence-electron chi connectivity index (χ0n) is 13.0. The van der Waals surface area contributed by atoms with Crippen molar-refractivity contribution in [2.45, 2.75) is 24.9 Å². The van der Waals surface area contributed by atoms with Crippen LogP contribution in [0.15, 0.2) is 30.3 Å². The molecule has 3 rings (SSSR count). The monoisotopic (exact) mass is 303 g/mol. The first-order valence-electron chi connectivity index (χ1n) is 8.14. The molecule has 0 saturated carbocycles. The second-order valence-corrected chi connectivity index (χ2v) is 6.17. The molecule has 1 amide bonds. The van der Waals surface area contributed by atoms with Crippen molar-refractivity contribution in [2.24, 2.45) is 5.73 Å². The molecule has 0 spiro atoms. The van der Waals surface area contributed by atoms with Gasteiger partial charge in [0.15, 0.2) is 0 Å². The molecule has 0 radical (unpaired) electrons. The first-order chi connectivity index (χ1) is 10.7. The van der Waals surface area contributed by atoms with Crippen LogP contribution in [0.5, 0.6) is 0 Å². The summed E-state index contributed by atoms with van der Waals surface area (Å²) in [5, 5.41) is 0. The number of rotatable bonds is 4. The van der Waals surface area contributed by atoms with E-state index in [1.807, 2.05) is 35.2 Å². The van der Waals surface area contributed by atoms with Crippen LogP contribution in [0.2, 0.25) is 0 Å². The van der Waals surface area contributed by atoms with Gasteiger partial charge < -0.3 is 15.4 Å². The molecule has 0 aliphatic carbocycles. The zero-order chi connectivity index (χ0) is 15.4. The van der Waals surface area contributed by atoms with E-state index in [0.29, 0.717) is 12.5 Å². The largest absolute Gasteiger partial charge is 0.379 e. The number of carbonyl (C=O) groups excluding carboxylic acids is 1. The summed E-state index contributed by atoms with van der Waals surface area (Å²) >= 11 is 0. The summed E-state index contributed by atoms with van der Waals surface area (Å²) in [4.78, 5) is 16.9. The average molecular weight is 303 g/mol. The molecule has 2 aliphatic heterocycles. The van der Waals surface area contributed by atoms with Crippen LogP contribution >= 0.6 is 0 Å². The molecular formula is C17H25N3O2. The minimum Gasteiger partial charge on any atom is -0.379 e. The predicted octanol–water partition coefficient (Wildman–Crippen LogP) is 0.490. The molecule has 2 heterocycles. The van der Waals surface area contributed by atoms with E-state index in [2.05, 4.69) is 4.90 Å². The maximum Gasteiger partial charge on any atom is 0.239 e. The van der Waals surface area contributed by atoms with Crippen molar-refractivity contribution in [3.05, 3.63) is 35.9 Å². The number of ether oxygens (including phenoxy) is 1. The fourth-order valence-electron chi connectivity index (χ4n) is 3.37. The van der Waals surface area contributed by atoms with E-state index in [1.165, 1.54) is 0 Å². The van der Waals surface area contributed by atoms with Crippen molar-refractivity contribution in [1.82, 2.24) is 9.80 Å². The molecule has 0 aromatic heterocycles. The lowest BCUT2D eigenvalue weighted by molar-refractivity contribution is -0.131. The maximum atomic E-state index is 12.5. The quantitative estimate of drug-likeness (QED) is 0.879. The van der Waals surface area contributed by atoms with Gasteiger partial charge in [0, 0.05) is 32.2 Å². The molecule has 120 valence electrons. The van der Waals surface area contributed by atoms with Gasteiger partial charge in [-0.1, -0.05) is 30.3 Å². The van der Waals surface area contributed by atoms with Crippen molar-refractivity contribution in [3.8, 4) is 0 Å². The van der Waals surface area contributed by atoms with Crippen LogP contribution in [-0.2, 0) is 16.0 Å². The van der Waals surface area contributed by atoms with Gasteiger partial charge in [0.2, 0.25) is 5.91 Å². The molecule has 5 nitrogen and oxygen atoms in total. The van der Waals surface area contributed by atoms with Crippen molar-refractivity contribution < 1.29 is 9.53 Å². The summed E-state index contributed by atoms with van der Waals surface area (Å²) in [6.45, 7) is 5.19. The number of amides is 1. The minimum atomic E-state index is -0.439. The third kappa shape index (κ3) is 3.66. The minimum absolute atomic E-state index is 0.0830.